The molecule has 116 valence electrons. The summed E-state index contributed by atoms with van der Waals surface area (Å²) in [5.41, 5.74) is 0.121. The third-order valence-corrected chi connectivity index (χ3v) is 4.39. The van der Waals surface area contributed by atoms with Gasteiger partial charge in [0, 0.05) is 6.54 Å². The maximum absolute atomic E-state index is 13.5. The minimum atomic E-state index is -0.631. The minimum absolute atomic E-state index is 0.0826. The second-order valence-corrected chi connectivity index (χ2v) is 5.95. The van der Waals surface area contributed by atoms with Crippen molar-refractivity contribution in [1.82, 2.24) is 5.32 Å². The van der Waals surface area contributed by atoms with Crippen LogP contribution >= 0.6 is 0 Å². The number of carbonyl (C=O) groups excluding carboxylic acids is 1. The number of hydrogen-bond acceptors (Lipinski definition) is 2. The van der Waals surface area contributed by atoms with Gasteiger partial charge < -0.3 is 10.4 Å². The average molecular weight is 293 g/mol. The second kappa shape index (κ2) is 7.03. The lowest BCUT2D eigenvalue weighted by Crippen LogP contribution is -2.45. The zero-order chi connectivity index (χ0) is 15.3. The number of amides is 1. The lowest BCUT2D eigenvalue weighted by Gasteiger charge is -2.29. The maximum Gasteiger partial charge on any atom is 0.230 e. The van der Waals surface area contributed by atoms with E-state index in [1.165, 1.54) is 12.1 Å². The van der Waals surface area contributed by atoms with Gasteiger partial charge in [-0.05, 0) is 37.0 Å². The number of carbonyl (C=O) groups is 1. The van der Waals surface area contributed by atoms with Crippen LogP contribution in [0.2, 0.25) is 0 Å². The Morgan fingerprint density at radius 3 is 2.76 bits per heavy atom. The molecule has 0 bridgehead atoms. The summed E-state index contributed by atoms with van der Waals surface area (Å²) in [6.07, 6.45) is 4.48. The molecule has 1 aromatic carbocycles. The molecule has 1 aromatic rings. The van der Waals surface area contributed by atoms with Gasteiger partial charge in [0.25, 0.3) is 0 Å². The van der Waals surface area contributed by atoms with Crippen molar-refractivity contribution in [2.75, 3.05) is 6.54 Å². The molecule has 1 aliphatic rings. The topological polar surface area (TPSA) is 49.3 Å². The number of rotatable bonds is 6. The molecule has 1 unspecified atom stereocenters. The molecule has 1 fully saturated rings. The van der Waals surface area contributed by atoms with Crippen LogP contribution in [0, 0.1) is 5.82 Å². The number of aliphatic hydroxyl groups is 1. The fourth-order valence-electron chi connectivity index (χ4n) is 3.23. The molecule has 0 heterocycles. The van der Waals surface area contributed by atoms with Gasteiger partial charge in [0.1, 0.15) is 5.82 Å². The Labute approximate surface area is 125 Å². The molecule has 1 atom stereocenters. The summed E-state index contributed by atoms with van der Waals surface area (Å²) in [6.45, 7) is 2.26. The summed E-state index contributed by atoms with van der Waals surface area (Å²) in [5, 5.41) is 12.6. The zero-order valence-corrected chi connectivity index (χ0v) is 12.6. The summed E-state index contributed by atoms with van der Waals surface area (Å²) >= 11 is 0. The molecular formula is C17H24FNO2. The predicted molar refractivity (Wildman–Crippen MR) is 80.5 cm³/mol. The standard InChI is InChI=1S/C17H24FNO2/c1-2-6-15(20)12-19-16(21)17(9-3-4-10-17)13-7-5-8-14(18)11-13/h5,7-8,11,15,20H,2-4,6,9-10,12H2,1H3,(H,19,21). The van der Waals surface area contributed by atoms with Crippen LogP contribution in [0.3, 0.4) is 0 Å². The highest BCUT2D eigenvalue weighted by Gasteiger charge is 2.42. The van der Waals surface area contributed by atoms with Crippen LogP contribution in [-0.2, 0) is 10.2 Å². The van der Waals surface area contributed by atoms with Gasteiger partial charge in [-0.15, -0.1) is 0 Å². The molecular weight excluding hydrogens is 269 g/mol. The summed E-state index contributed by atoms with van der Waals surface area (Å²) in [4.78, 5) is 12.6. The number of halogens is 1. The van der Waals surface area contributed by atoms with Crippen molar-refractivity contribution >= 4 is 5.91 Å². The Hall–Kier alpha value is -1.42. The molecule has 1 amide bonds. The first-order valence-electron chi connectivity index (χ1n) is 7.81. The number of benzene rings is 1. The lowest BCUT2D eigenvalue weighted by atomic mass is 9.78. The van der Waals surface area contributed by atoms with Crippen molar-refractivity contribution in [2.45, 2.75) is 57.0 Å². The average Bonchev–Trinajstić information content (AvgIpc) is 2.96. The highest BCUT2D eigenvalue weighted by atomic mass is 19.1. The van der Waals surface area contributed by atoms with E-state index in [1.54, 1.807) is 6.07 Å². The van der Waals surface area contributed by atoms with Crippen LogP contribution in [0.4, 0.5) is 4.39 Å². The van der Waals surface area contributed by atoms with Crippen LogP contribution in [0.5, 0.6) is 0 Å². The van der Waals surface area contributed by atoms with Crippen molar-refractivity contribution < 1.29 is 14.3 Å². The highest BCUT2D eigenvalue weighted by Crippen LogP contribution is 2.41. The van der Waals surface area contributed by atoms with E-state index in [2.05, 4.69) is 5.32 Å². The second-order valence-electron chi connectivity index (χ2n) is 5.95. The van der Waals surface area contributed by atoms with E-state index in [0.717, 1.165) is 37.7 Å². The third kappa shape index (κ3) is 3.62. The van der Waals surface area contributed by atoms with E-state index in [0.29, 0.717) is 6.42 Å². The van der Waals surface area contributed by atoms with E-state index in [4.69, 9.17) is 0 Å². The Morgan fingerprint density at radius 1 is 1.43 bits per heavy atom. The molecule has 2 rings (SSSR count). The van der Waals surface area contributed by atoms with Gasteiger partial charge >= 0.3 is 0 Å². The largest absolute Gasteiger partial charge is 0.391 e. The first-order chi connectivity index (χ1) is 10.1. The SMILES string of the molecule is CCCC(O)CNC(=O)C1(c2cccc(F)c2)CCCC1. The molecule has 0 aromatic heterocycles. The van der Waals surface area contributed by atoms with Crippen LogP contribution < -0.4 is 5.32 Å². The number of nitrogens with one attached hydrogen (secondary N) is 1. The van der Waals surface area contributed by atoms with E-state index in [-0.39, 0.29) is 18.3 Å². The molecule has 4 heteroatoms. The zero-order valence-electron chi connectivity index (χ0n) is 12.6. The van der Waals surface area contributed by atoms with Crippen molar-refractivity contribution in [1.29, 1.82) is 0 Å². The van der Waals surface area contributed by atoms with Gasteiger partial charge in [-0.2, -0.15) is 0 Å². The molecule has 0 saturated heterocycles. The Morgan fingerprint density at radius 2 is 2.14 bits per heavy atom. The Kier molecular flexibility index (Phi) is 5.34. The quantitative estimate of drug-likeness (QED) is 0.847. The van der Waals surface area contributed by atoms with Gasteiger partial charge in [-0.1, -0.05) is 38.3 Å². The highest BCUT2D eigenvalue weighted by molar-refractivity contribution is 5.88. The Balaban J connectivity index is 2.13. The molecule has 1 aliphatic carbocycles. The van der Waals surface area contributed by atoms with Crippen LogP contribution in [0.1, 0.15) is 51.0 Å². The molecule has 2 N–H and O–H groups in total. The van der Waals surface area contributed by atoms with Crippen molar-refractivity contribution in [3.05, 3.63) is 35.6 Å². The van der Waals surface area contributed by atoms with Gasteiger partial charge in [-0.3, -0.25) is 4.79 Å². The monoisotopic (exact) mass is 293 g/mol. The summed E-state index contributed by atoms with van der Waals surface area (Å²) in [6, 6.07) is 6.35. The minimum Gasteiger partial charge on any atom is -0.391 e. The van der Waals surface area contributed by atoms with Crippen LogP contribution in [0.15, 0.2) is 24.3 Å². The van der Waals surface area contributed by atoms with E-state index < -0.39 is 11.5 Å². The third-order valence-electron chi connectivity index (χ3n) is 4.39. The fraction of sp³-hybridized carbons (Fsp3) is 0.588. The molecule has 0 aliphatic heterocycles. The van der Waals surface area contributed by atoms with Gasteiger partial charge in [0.05, 0.1) is 11.5 Å². The van der Waals surface area contributed by atoms with Crippen molar-refractivity contribution in [3.8, 4) is 0 Å². The smallest absolute Gasteiger partial charge is 0.230 e. The summed E-state index contributed by atoms with van der Waals surface area (Å²) in [5.74, 6) is -0.390. The molecule has 0 radical (unpaired) electrons. The van der Waals surface area contributed by atoms with E-state index in [9.17, 15) is 14.3 Å². The van der Waals surface area contributed by atoms with Gasteiger partial charge in [0.2, 0.25) is 5.91 Å². The number of hydrogen-bond donors (Lipinski definition) is 2. The van der Waals surface area contributed by atoms with Gasteiger partial charge in [-0.25, -0.2) is 4.39 Å². The van der Waals surface area contributed by atoms with Crippen molar-refractivity contribution in [2.24, 2.45) is 0 Å². The number of aliphatic hydroxyl groups excluding tert-OH is 1. The van der Waals surface area contributed by atoms with Gasteiger partial charge in [0.15, 0.2) is 0 Å². The molecule has 21 heavy (non-hydrogen) atoms. The van der Waals surface area contributed by atoms with Crippen LogP contribution in [-0.4, -0.2) is 23.7 Å². The summed E-state index contributed by atoms with van der Waals surface area (Å²) in [7, 11) is 0. The van der Waals surface area contributed by atoms with E-state index in [1.807, 2.05) is 13.0 Å². The van der Waals surface area contributed by atoms with Crippen molar-refractivity contribution in [3.63, 3.8) is 0 Å². The predicted octanol–water partition coefficient (Wildman–Crippen LogP) is 2.91. The Bertz CT molecular complexity index is 483. The molecule has 1 saturated carbocycles. The maximum atomic E-state index is 13.5. The summed E-state index contributed by atoms with van der Waals surface area (Å²) < 4.78 is 13.5. The van der Waals surface area contributed by atoms with Crippen LogP contribution in [0.25, 0.3) is 0 Å². The first kappa shape index (κ1) is 16.0. The first-order valence-corrected chi connectivity index (χ1v) is 7.81. The molecule has 0 spiro atoms. The normalized spacial score (nSPS) is 18.4. The van der Waals surface area contributed by atoms with E-state index >= 15 is 0 Å². The fourth-order valence-corrected chi connectivity index (χ4v) is 3.23. The lowest BCUT2D eigenvalue weighted by molar-refractivity contribution is -0.127. The molecule has 3 nitrogen and oxygen atoms in total.